The first kappa shape index (κ1) is 16.7. The van der Waals surface area contributed by atoms with Crippen molar-refractivity contribution in [1.82, 2.24) is 5.32 Å². The van der Waals surface area contributed by atoms with Crippen LogP contribution in [-0.2, 0) is 9.53 Å². The molecular weight excluding hydrogens is 252 g/mol. The minimum atomic E-state index is -0.0264. The molecule has 0 saturated heterocycles. The summed E-state index contributed by atoms with van der Waals surface area (Å²) in [6.07, 6.45) is 1.08. The van der Waals surface area contributed by atoms with Crippen LogP contribution >= 0.6 is 0 Å². The fourth-order valence-electron chi connectivity index (χ4n) is 1.67. The van der Waals surface area contributed by atoms with Gasteiger partial charge in [0.1, 0.15) is 0 Å². The van der Waals surface area contributed by atoms with Crippen LogP contribution < -0.4 is 10.6 Å². The van der Waals surface area contributed by atoms with Crippen molar-refractivity contribution in [2.45, 2.75) is 27.2 Å². The van der Waals surface area contributed by atoms with Gasteiger partial charge in [-0.2, -0.15) is 0 Å². The lowest BCUT2D eigenvalue weighted by molar-refractivity contribution is -0.115. The van der Waals surface area contributed by atoms with E-state index in [2.05, 4.69) is 24.5 Å². The van der Waals surface area contributed by atoms with Crippen LogP contribution in [0.2, 0.25) is 0 Å². The molecule has 1 rings (SSSR count). The number of benzene rings is 1. The maximum atomic E-state index is 11.7. The van der Waals surface area contributed by atoms with Gasteiger partial charge >= 0.3 is 0 Å². The fraction of sp³-hybridized carbons (Fsp3) is 0.562. The summed E-state index contributed by atoms with van der Waals surface area (Å²) in [5.74, 6) is 0.643. The molecule has 0 heterocycles. The van der Waals surface area contributed by atoms with Crippen LogP contribution in [0.4, 0.5) is 5.69 Å². The molecule has 0 atom stereocenters. The summed E-state index contributed by atoms with van der Waals surface area (Å²) in [6.45, 7) is 8.76. The third kappa shape index (κ3) is 7.26. The topological polar surface area (TPSA) is 50.4 Å². The molecule has 20 heavy (non-hydrogen) atoms. The van der Waals surface area contributed by atoms with E-state index in [4.69, 9.17) is 4.74 Å². The first-order chi connectivity index (χ1) is 9.59. The van der Waals surface area contributed by atoms with Gasteiger partial charge in [-0.25, -0.2) is 0 Å². The van der Waals surface area contributed by atoms with Crippen molar-refractivity contribution in [2.75, 3.05) is 31.6 Å². The summed E-state index contributed by atoms with van der Waals surface area (Å²) in [6, 6.07) is 7.75. The molecule has 0 saturated carbocycles. The molecule has 0 aliphatic heterocycles. The van der Waals surface area contributed by atoms with Gasteiger partial charge in [-0.3, -0.25) is 4.79 Å². The number of carbonyl (C=O) groups is 1. The Morgan fingerprint density at radius 3 is 2.70 bits per heavy atom. The van der Waals surface area contributed by atoms with E-state index in [1.54, 1.807) is 0 Å². The average molecular weight is 278 g/mol. The quantitative estimate of drug-likeness (QED) is 0.683. The number of hydrogen-bond acceptors (Lipinski definition) is 3. The number of rotatable bonds is 9. The van der Waals surface area contributed by atoms with E-state index < -0.39 is 0 Å². The minimum absolute atomic E-state index is 0.0264. The molecular formula is C16H26N2O2. The highest BCUT2D eigenvalue weighted by atomic mass is 16.5. The summed E-state index contributed by atoms with van der Waals surface area (Å²) in [7, 11) is 0. The largest absolute Gasteiger partial charge is 0.380 e. The number of nitrogens with one attached hydrogen (secondary N) is 2. The molecule has 0 spiro atoms. The summed E-state index contributed by atoms with van der Waals surface area (Å²) in [5.41, 5.74) is 1.94. The van der Waals surface area contributed by atoms with Gasteiger partial charge in [-0.15, -0.1) is 0 Å². The Balaban J connectivity index is 2.08. The number of amides is 1. The van der Waals surface area contributed by atoms with Gasteiger partial charge in [0.25, 0.3) is 0 Å². The maximum absolute atomic E-state index is 11.7. The van der Waals surface area contributed by atoms with E-state index in [0.29, 0.717) is 25.6 Å². The van der Waals surface area contributed by atoms with Crippen molar-refractivity contribution >= 4 is 11.6 Å². The van der Waals surface area contributed by atoms with Gasteiger partial charge in [0.2, 0.25) is 5.91 Å². The summed E-state index contributed by atoms with van der Waals surface area (Å²) >= 11 is 0. The number of hydrogen-bond donors (Lipinski definition) is 2. The monoisotopic (exact) mass is 278 g/mol. The Kier molecular flexibility index (Phi) is 7.92. The zero-order valence-electron chi connectivity index (χ0n) is 12.7. The molecule has 1 aromatic carbocycles. The van der Waals surface area contributed by atoms with Crippen molar-refractivity contribution in [3.05, 3.63) is 29.8 Å². The van der Waals surface area contributed by atoms with E-state index in [9.17, 15) is 4.79 Å². The highest BCUT2D eigenvalue weighted by Crippen LogP contribution is 2.12. The molecule has 1 amide bonds. The second kappa shape index (κ2) is 9.50. The molecule has 0 bridgehead atoms. The lowest BCUT2D eigenvalue weighted by Crippen LogP contribution is -2.30. The average Bonchev–Trinajstić information content (AvgIpc) is 2.40. The van der Waals surface area contributed by atoms with Crippen LogP contribution in [0.1, 0.15) is 25.8 Å². The standard InChI is InChI=1S/C16H26N2O2/c1-13(2)8-10-20-11-9-17-12-16(19)18-15-7-5-4-6-14(15)3/h4-7,13,17H,8-12H2,1-3H3,(H,18,19). The molecule has 1 aromatic rings. The van der Waals surface area contributed by atoms with E-state index >= 15 is 0 Å². The number of para-hydroxylation sites is 1. The second-order valence-corrected chi connectivity index (χ2v) is 5.33. The molecule has 0 fully saturated rings. The van der Waals surface area contributed by atoms with E-state index in [1.165, 1.54) is 0 Å². The van der Waals surface area contributed by atoms with Gasteiger partial charge in [-0.05, 0) is 30.9 Å². The fourth-order valence-corrected chi connectivity index (χ4v) is 1.67. The number of aryl methyl sites for hydroxylation is 1. The van der Waals surface area contributed by atoms with Gasteiger partial charge in [-0.1, -0.05) is 32.0 Å². The predicted octanol–water partition coefficient (Wildman–Crippen LogP) is 2.59. The van der Waals surface area contributed by atoms with E-state index in [0.717, 1.165) is 24.3 Å². The molecule has 0 aliphatic carbocycles. The highest BCUT2D eigenvalue weighted by Gasteiger charge is 2.03. The zero-order valence-corrected chi connectivity index (χ0v) is 12.7. The summed E-state index contributed by atoms with van der Waals surface area (Å²) < 4.78 is 5.47. The smallest absolute Gasteiger partial charge is 0.238 e. The van der Waals surface area contributed by atoms with Crippen molar-refractivity contribution in [1.29, 1.82) is 0 Å². The number of carbonyl (C=O) groups excluding carboxylic acids is 1. The highest BCUT2D eigenvalue weighted by molar-refractivity contribution is 5.92. The Labute approximate surface area is 121 Å². The first-order valence-corrected chi connectivity index (χ1v) is 7.23. The van der Waals surface area contributed by atoms with Crippen LogP contribution in [0.25, 0.3) is 0 Å². The number of ether oxygens (including phenoxy) is 1. The zero-order chi connectivity index (χ0) is 14.8. The summed E-state index contributed by atoms with van der Waals surface area (Å²) in [4.78, 5) is 11.7. The van der Waals surface area contributed by atoms with Crippen LogP contribution in [-0.4, -0.2) is 32.2 Å². The molecule has 4 nitrogen and oxygen atoms in total. The molecule has 2 N–H and O–H groups in total. The van der Waals surface area contributed by atoms with Crippen LogP contribution in [0, 0.1) is 12.8 Å². The lowest BCUT2D eigenvalue weighted by Gasteiger charge is -2.09. The third-order valence-electron chi connectivity index (χ3n) is 2.97. The first-order valence-electron chi connectivity index (χ1n) is 7.23. The van der Waals surface area contributed by atoms with Crippen LogP contribution in [0.3, 0.4) is 0 Å². The summed E-state index contributed by atoms with van der Waals surface area (Å²) in [5, 5.41) is 5.96. The molecule has 0 radical (unpaired) electrons. The van der Waals surface area contributed by atoms with Gasteiger partial charge in [0.15, 0.2) is 0 Å². The Bertz CT molecular complexity index is 405. The van der Waals surface area contributed by atoms with E-state index in [-0.39, 0.29) is 5.91 Å². The molecule has 0 unspecified atom stereocenters. The molecule has 0 aromatic heterocycles. The van der Waals surface area contributed by atoms with Crippen molar-refractivity contribution in [3.8, 4) is 0 Å². The number of anilines is 1. The maximum Gasteiger partial charge on any atom is 0.238 e. The predicted molar refractivity (Wildman–Crippen MR) is 83.0 cm³/mol. The molecule has 112 valence electrons. The van der Waals surface area contributed by atoms with Crippen LogP contribution in [0.5, 0.6) is 0 Å². The van der Waals surface area contributed by atoms with Crippen molar-refractivity contribution < 1.29 is 9.53 Å². The van der Waals surface area contributed by atoms with Crippen molar-refractivity contribution in [3.63, 3.8) is 0 Å². The van der Waals surface area contributed by atoms with Crippen molar-refractivity contribution in [2.24, 2.45) is 5.92 Å². The Morgan fingerprint density at radius 1 is 1.25 bits per heavy atom. The molecule has 4 heteroatoms. The minimum Gasteiger partial charge on any atom is -0.380 e. The van der Waals surface area contributed by atoms with Crippen LogP contribution in [0.15, 0.2) is 24.3 Å². The Morgan fingerprint density at radius 2 is 2.00 bits per heavy atom. The van der Waals surface area contributed by atoms with Gasteiger partial charge in [0, 0.05) is 18.8 Å². The van der Waals surface area contributed by atoms with E-state index in [1.807, 2.05) is 31.2 Å². The lowest BCUT2D eigenvalue weighted by atomic mass is 10.1. The van der Waals surface area contributed by atoms with Gasteiger partial charge < -0.3 is 15.4 Å². The second-order valence-electron chi connectivity index (χ2n) is 5.33. The Hall–Kier alpha value is -1.39. The normalized spacial score (nSPS) is 10.8. The SMILES string of the molecule is Cc1ccccc1NC(=O)CNCCOCCC(C)C. The molecule has 0 aliphatic rings. The third-order valence-corrected chi connectivity index (χ3v) is 2.97. The van der Waals surface area contributed by atoms with Gasteiger partial charge in [0.05, 0.1) is 13.2 Å².